The molecule has 4 rings (SSSR count). The molecule has 3 heterocycles. The van der Waals surface area contributed by atoms with Gasteiger partial charge in [0.05, 0.1) is 4.90 Å². The van der Waals surface area contributed by atoms with Gasteiger partial charge in [-0.05, 0) is 49.0 Å². The highest BCUT2D eigenvalue weighted by Gasteiger charge is 2.21. The largest absolute Gasteiger partial charge is 0.353 e. The fraction of sp³-hybridized carbons (Fsp3) is 0.333. The van der Waals surface area contributed by atoms with Crippen molar-refractivity contribution in [3.05, 3.63) is 53.2 Å². The molecule has 0 aliphatic carbocycles. The van der Waals surface area contributed by atoms with Crippen LogP contribution >= 0.6 is 23.6 Å². The molecule has 2 N–H and O–H groups in total. The molecule has 13 heteroatoms. The predicted molar refractivity (Wildman–Crippen MR) is 136 cm³/mol. The molecule has 0 unspecified atom stereocenters. The van der Waals surface area contributed by atoms with Crippen molar-refractivity contribution in [3.8, 4) is 0 Å². The van der Waals surface area contributed by atoms with Crippen LogP contribution in [0, 0.1) is 0 Å². The van der Waals surface area contributed by atoms with E-state index in [9.17, 15) is 12.8 Å². The predicted octanol–water partition coefficient (Wildman–Crippen LogP) is 3.28. The molecular weight excluding hydrogens is 497 g/mol. The van der Waals surface area contributed by atoms with E-state index in [2.05, 4.69) is 35.0 Å². The molecule has 0 radical (unpaired) electrons. The molecule has 9 nitrogen and oxygen atoms in total. The van der Waals surface area contributed by atoms with E-state index >= 15 is 0 Å². The Morgan fingerprint density at radius 2 is 1.85 bits per heavy atom. The summed E-state index contributed by atoms with van der Waals surface area (Å²) in [5, 5.41) is 12.5. The monoisotopic (exact) mass is 521 g/mol. The number of rotatable bonds is 7. The third kappa shape index (κ3) is 5.77. The van der Waals surface area contributed by atoms with Crippen LogP contribution in [0.4, 0.5) is 21.0 Å². The van der Waals surface area contributed by atoms with Crippen molar-refractivity contribution in [2.24, 2.45) is 0 Å². The van der Waals surface area contributed by atoms with Crippen molar-refractivity contribution in [1.29, 1.82) is 0 Å². The number of pyridine rings is 1. The van der Waals surface area contributed by atoms with Gasteiger partial charge in [-0.1, -0.05) is 24.3 Å². The minimum absolute atomic E-state index is 0.122. The van der Waals surface area contributed by atoms with Crippen molar-refractivity contribution in [3.63, 3.8) is 0 Å². The van der Waals surface area contributed by atoms with Gasteiger partial charge in [0.2, 0.25) is 5.13 Å². The molecule has 1 aliphatic heterocycles. The average Bonchev–Trinajstić information content (AvgIpc) is 3.31. The third-order valence-electron chi connectivity index (χ3n) is 5.26. The van der Waals surface area contributed by atoms with Crippen LogP contribution in [0.3, 0.4) is 0 Å². The summed E-state index contributed by atoms with van der Waals surface area (Å²) in [4.78, 5) is 8.64. The average molecular weight is 522 g/mol. The summed E-state index contributed by atoms with van der Waals surface area (Å²) >= 11 is 6.76. The standard InChI is InChI=1S/C21H24FN7O2S3/c1-2-19-25-26-20(33-19)27-34(30,31)17-6-4-16(5-7-17)24-21(32)29-11-9-28(10-12-29)18-8-3-15(13-22)14-23-18/h3-8,14H,2,9-13H2,1H3,(H,24,32)(H,26,27). The molecule has 3 aromatic rings. The molecule has 0 saturated carbocycles. The molecule has 1 aromatic carbocycles. The molecule has 1 saturated heterocycles. The van der Waals surface area contributed by atoms with Gasteiger partial charge in [-0.25, -0.2) is 17.8 Å². The Bertz CT molecular complexity index is 1230. The maximum Gasteiger partial charge on any atom is 0.263 e. The zero-order chi connectivity index (χ0) is 24.1. The Balaban J connectivity index is 1.31. The minimum atomic E-state index is -3.76. The number of nitrogens with one attached hydrogen (secondary N) is 2. The number of nitrogens with zero attached hydrogens (tertiary/aromatic N) is 5. The molecule has 1 fully saturated rings. The van der Waals surface area contributed by atoms with Crippen LogP contribution in [0.15, 0.2) is 47.5 Å². The van der Waals surface area contributed by atoms with Crippen LogP contribution in [0.1, 0.15) is 17.5 Å². The van der Waals surface area contributed by atoms with E-state index in [1.165, 1.54) is 23.5 Å². The van der Waals surface area contributed by atoms with Crippen molar-refractivity contribution in [2.75, 3.05) is 41.1 Å². The number of hydrogen-bond donors (Lipinski definition) is 2. The summed E-state index contributed by atoms with van der Waals surface area (Å²) < 4.78 is 40.4. The molecule has 2 aromatic heterocycles. The van der Waals surface area contributed by atoms with E-state index in [-0.39, 0.29) is 10.0 Å². The summed E-state index contributed by atoms with van der Waals surface area (Å²) in [6, 6.07) is 9.95. The summed E-state index contributed by atoms with van der Waals surface area (Å²) in [5.74, 6) is 0.820. The quantitative estimate of drug-likeness (QED) is 0.453. The molecule has 0 bridgehead atoms. The molecule has 0 spiro atoms. The zero-order valence-corrected chi connectivity index (χ0v) is 20.9. The number of hydrogen-bond acceptors (Lipinski definition) is 8. The van der Waals surface area contributed by atoms with E-state index in [1.54, 1.807) is 24.4 Å². The Kier molecular flexibility index (Phi) is 7.54. The molecular formula is C21H24FN7O2S3. The van der Waals surface area contributed by atoms with Crippen LogP contribution in [-0.4, -0.2) is 59.8 Å². The summed E-state index contributed by atoms with van der Waals surface area (Å²) in [6.07, 6.45) is 2.25. The lowest BCUT2D eigenvalue weighted by atomic mass is 10.2. The smallest absolute Gasteiger partial charge is 0.263 e. The fourth-order valence-electron chi connectivity index (χ4n) is 3.35. The maximum atomic E-state index is 12.7. The van der Waals surface area contributed by atoms with E-state index in [0.29, 0.717) is 35.9 Å². The number of benzene rings is 1. The van der Waals surface area contributed by atoms with Crippen molar-refractivity contribution in [2.45, 2.75) is 24.9 Å². The number of aromatic nitrogens is 3. The van der Waals surface area contributed by atoms with E-state index in [0.717, 1.165) is 23.9 Å². The van der Waals surface area contributed by atoms with Gasteiger partial charge in [-0.3, -0.25) is 4.72 Å². The Labute approximate surface area is 207 Å². The van der Waals surface area contributed by atoms with Crippen molar-refractivity contribution in [1.82, 2.24) is 20.1 Å². The van der Waals surface area contributed by atoms with Crippen LogP contribution < -0.4 is 14.9 Å². The second-order valence-corrected chi connectivity index (χ2v) is 10.7. The number of piperazine rings is 1. The molecule has 180 valence electrons. The first kappa shape index (κ1) is 24.2. The van der Waals surface area contributed by atoms with Gasteiger partial charge in [0.15, 0.2) is 5.11 Å². The number of aryl methyl sites for hydroxylation is 1. The maximum absolute atomic E-state index is 12.7. The highest BCUT2D eigenvalue weighted by atomic mass is 32.2. The first-order chi connectivity index (χ1) is 16.4. The van der Waals surface area contributed by atoms with Crippen LogP contribution in [0.5, 0.6) is 0 Å². The highest BCUT2D eigenvalue weighted by Crippen LogP contribution is 2.22. The second kappa shape index (κ2) is 10.6. The molecule has 34 heavy (non-hydrogen) atoms. The van der Waals surface area contributed by atoms with Gasteiger partial charge in [0, 0.05) is 43.6 Å². The van der Waals surface area contributed by atoms with Crippen LogP contribution in [0.2, 0.25) is 0 Å². The van der Waals surface area contributed by atoms with Gasteiger partial charge >= 0.3 is 0 Å². The van der Waals surface area contributed by atoms with E-state index < -0.39 is 16.7 Å². The Morgan fingerprint density at radius 3 is 2.44 bits per heavy atom. The topological polar surface area (TPSA) is 103 Å². The number of anilines is 3. The number of sulfonamides is 1. The van der Waals surface area contributed by atoms with Gasteiger partial charge in [0.1, 0.15) is 17.5 Å². The number of thiocarbonyl (C=S) groups is 1. The first-order valence-electron chi connectivity index (χ1n) is 10.6. The van der Waals surface area contributed by atoms with Gasteiger partial charge < -0.3 is 15.1 Å². The lowest BCUT2D eigenvalue weighted by molar-refractivity contribution is 0.389. The number of alkyl halides is 1. The fourth-order valence-corrected chi connectivity index (χ4v) is 5.56. The van der Waals surface area contributed by atoms with Crippen molar-refractivity contribution >= 4 is 55.3 Å². The van der Waals surface area contributed by atoms with Gasteiger partial charge in [-0.15, -0.1) is 10.2 Å². The lowest BCUT2D eigenvalue weighted by Crippen LogP contribution is -2.50. The number of halogens is 1. The van der Waals surface area contributed by atoms with E-state index in [4.69, 9.17) is 12.2 Å². The Morgan fingerprint density at radius 1 is 1.12 bits per heavy atom. The molecule has 0 amide bonds. The third-order valence-corrected chi connectivity index (χ3v) is 8.09. The van der Waals surface area contributed by atoms with Gasteiger partial charge in [-0.2, -0.15) is 0 Å². The summed E-state index contributed by atoms with van der Waals surface area (Å²) in [5.41, 5.74) is 1.26. The van der Waals surface area contributed by atoms with Gasteiger partial charge in [0.25, 0.3) is 10.0 Å². The second-order valence-electron chi connectivity index (χ2n) is 7.55. The minimum Gasteiger partial charge on any atom is -0.353 e. The zero-order valence-electron chi connectivity index (χ0n) is 18.4. The van der Waals surface area contributed by atoms with Crippen molar-refractivity contribution < 1.29 is 12.8 Å². The molecule has 0 atom stereocenters. The van der Waals surface area contributed by atoms with E-state index in [1.807, 2.05) is 13.0 Å². The summed E-state index contributed by atoms with van der Waals surface area (Å²) in [6.45, 7) is 4.29. The van der Waals surface area contributed by atoms with Crippen LogP contribution in [-0.2, 0) is 23.1 Å². The highest BCUT2D eigenvalue weighted by molar-refractivity contribution is 7.93. The SMILES string of the molecule is CCc1nnc(NS(=O)(=O)c2ccc(NC(=S)N3CCN(c4ccc(CF)cn4)CC3)cc2)s1. The molecule has 1 aliphatic rings. The normalized spacial score (nSPS) is 14.2. The first-order valence-corrected chi connectivity index (χ1v) is 13.4. The summed E-state index contributed by atoms with van der Waals surface area (Å²) in [7, 11) is -3.76. The van der Waals surface area contributed by atoms with Crippen LogP contribution in [0.25, 0.3) is 0 Å². The Hall–Kier alpha value is -2.90. The lowest BCUT2D eigenvalue weighted by Gasteiger charge is -2.36.